The summed E-state index contributed by atoms with van der Waals surface area (Å²) in [5.74, 6) is 1.09. The van der Waals surface area contributed by atoms with Crippen LogP contribution in [0.4, 0.5) is 0 Å². The highest BCUT2D eigenvalue weighted by Gasteiger charge is 2.05. The quantitative estimate of drug-likeness (QED) is 0.693. The van der Waals surface area contributed by atoms with Crippen molar-refractivity contribution in [1.29, 1.82) is 0 Å². The summed E-state index contributed by atoms with van der Waals surface area (Å²) >= 11 is 0. The molecule has 0 radical (unpaired) electrons. The van der Waals surface area contributed by atoms with E-state index in [-0.39, 0.29) is 5.78 Å². The summed E-state index contributed by atoms with van der Waals surface area (Å²) in [7, 11) is 0. The number of carbonyl (C=O) groups excluding carboxylic acids is 1. The van der Waals surface area contributed by atoms with E-state index in [0.717, 1.165) is 12.8 Å². The zero-order valence-electron chi connectivity index (χ0n) is 10.2. The first-order valence-corrected chi connectivity index (χ1v) is 5.73. The molecule has 0 aromatic carbocycles. The van der Waals surface area contributed by atoms with Crippen molar-refractivity contribution in [1.82, 2.24) is 4.98 Å². The fourth-order valence-electron chi connectivity index (χ4n) is 1.51. The van der Waals surface area contributed by atoms with E-state index >= 15 is 0 Å². The Labute approximate surface area is 96.8 Å². The third kappa shape index (κ3) is 4.01. The molecular formula is C13H19NO2. The monoisotopic (exact) mass is 221 g/mol. The van der Waals surface area contributed by atoms with E-state index < -0.39 is 0 Å². The second-order valence-corrected chi connectivity index (χ2v) is 4.14. The molecule has 0 aliphatic heterocycles. The Morgan fingerprint density at radius 3 is 2.94 bits per heavy atom. The van der Waals surface area contributed by atoms with Gasteiger partial charge in [-0.2, -0.15) is 0 Å². The molecule has 1 aromatic heterocycles. The van der Waals surface area contributed by atoms with Crippen LogP contribution in [0.5, 0.6) is 5.88 Å². The first-order valence-electron chi connectivity index (χ1n) is 5.73. The molecule has 88 valence electrons. The van der Waals surface area contributed by atoms with E-state index in [0.29, 0.717) is 24.0 Å². The van der Waals surface area contributed by atoms with Gasteiger partial charge in [-0.1, -0.05) is 20.3 Å². The predicted octanol–water partition coefficient (Wildman–Crippen LogP) is 3.10. The Bertz CT molecular complexity index is 350. The van der Waals surface area contributed by atoms with Crippen LogP contribution < -0.4 is 4.74 Å². The standard InChI is InChI=1S/C13H19NO2/c1-4-5-10(2)9-16-13-8-12(11(3)15)6-7-14-13/h6-8,10H,4-5,9H2,1-3H3. The second-order valence-electron chi connectivity index (χ2n) is 4.14. The van der Waals surface area contributed by atoms with Gasteiger partial charge < -0.3 is 4.74 Å². The summed E-state index contributed by atoms with van der Waals surface area (Å²) in [6.45, 7) is 6.50. The molecule has 0 spiro atoms. The number of ether oxygens (including phenoxy) is 1. The Morgan fingerprint density at radius 1 is 1.56 bits per heavy atom. The zero-order valence-corrected chi connectivity index (χ0v) is 10.2. The van der Waals surface area contributed by atoms with Gasteiger partial charge in [0.05, 0.1) is 6.61 Å². The number of pyridine rings is 1. The van der Waals surface area contributed by atoms with E-state index in [1.807, 2.05) is 0 Å². The number of rotatable bonds is 6. The van der Waals surface area contributed by atoms with Crippen molar-refractivity contribution in [2.45, 2.75) is 33.6 Å². The predicted molar refractivity (Wildman–Crippen MR) is 63.8 cm³/mol. The molecular weight excluding hydrogens is 202 g/mol. The zero-order chi connectivity index (χ0) is 12.0. The van der Waals surface area contributed by atoms with Crippen LogP contribution in [0.1, 0.15) is 44.0 Å². The Morgan fingerprint density at radius 2 is 2.31 bits per heavy atom. The lowest BCUT2D eigenvalue weighted by molar-refractivity contribution is 0.101. The molecule has 3 nitrogen and oxygen atoms in total. The number of Topliss-reactive ketones (excluding diaryl/α,β-unsaturated/α-hetero) is 1. The molecule has 3 heteroatoms. The molecule has 1 rings (SSSR count). The van der Waals surface area contributed by atoms with E-state index in [4.69, 9.17) is 4.74 Å². The van der Waals surface area contributed by atoms with Crippen LogP contribution in [0.2, 0.25) is 0 Å². The van der Waals surface area contributed by atoms with Crippen LogP contribution in [-0.2, 0) is 0 Å². The van der Waals surface area contributed by atoms with Gasteiger partial charge in [0.15, 0.2) is 5.78 Å². The Balaban J connectivity index is 2.54. The van der Waals surface area contributed by atoms with Gasteiger partial charge in [-0.25, -0.2) is 4.98 Å². The van der Waals surface area contributed by atoms with Crippen molar-refractivity contribution >= 4 is 5.78 Å². The van der Waals surface area contributed by atoms with Gasteiger partial charge in [0, 0.05) is 17.8 Å². The third-order valence-electron chi connectivity index (χ3n) is 2.44. The molecule has 0 N–H and O–H groups in total. The van der Waals surface area contributed by atoms with Crippen LogP contribution in [-0.4, -0.2) is 17.4 Å². The van der Waals surface area contributed by atoms with Crippen LogP contribution in [0, 0.1) is 5.92 Å². The highest BCUT2D eigenvalue weighted by Crippen LogP contribution is 2.12. The average Bonchev–Trinajstić information content (AvgIpc) is 2.27. The van der Waals surface area contributed by atoms with Gasteiger partial charge in [0.2, 0.25) is 5.88 Å². The molecule has 1 heterocycles. The SMILES string of the molecule is CCCC(C)COc1cc(C(C)=O)ccn1. The van der Waals surface area contributed by atoms with Crippen LogP contribution in [0.15, 0.2) is 18.3 Å². The first kappa shape index (κ1) is 12.7. The van der Waals surface area contributed by atoms with Gasteiger partial charge in [0.25, 0.3) is 0 Å². The number of hydrogen-bond acceptors (Lipinski definition) is 3. The topological polar surface area (TPSA) is 39.2 Å². The third-order valence-corrected chi connectivity index (χ3v) is 2.44. The van der Waals surface area contributed by atoms with E-state index in [1.165, 1.54) is 0 Å². The minimum Gasteiger partial charge on any atom is -0.477 e. The summed E-state index contributed by atoms with van der Waals surface area (Å²) in [4.78, 5) is 15.2. The molecule has 0 saturated heterocycles. The fraction of sp³-hybridized carbons (Fsp3) is 0.538. The molecule has 1 aromatic rings. The maximum Gasteiger partial charge on any atom is 0.213 e. The number of nitrogens with zero attached hydrogens (tertiary/aromatic N) is 1. The summed E-state index contributed by atoms with van der Waals surface area (Å²) in [6, 6.07) is 3.39. The van der Waals surface area contributed by atoms with Gasteiger partial charge in [-0.15, -0.1) is 0 Å². The van der Waals surface area contributed by atoms with E-state index in [1.54, 1.807) is 25.3 Å². The minimum absolute atomic E-state index is 0.0360. The lowest BCUT2D eigenvalue weighted by Crippen LogP contribution is -2.09. The molecule has 0 aliphatic rings. The van der Waals surface area contributed by atoms with E-state index in [2.05, 4.69) is 18.8 Å². The van der Waals surface area contributed by atoms with Gasteiger partial charge in [-0.05, 0) is 25.3 Å². The number of aromatic nitrogens is 1. The normalized spacial score (nSPS) is 12.2. The van der Waals surface area contributed by atoms with Crippen molar-refractivity contribution in [2.24, 2.45) is 5.92 Å². The summed E-state index contributed by atoms with van der Waals surface area (Å²) < 4.78 is 5.55. The van der Waals surface area contributed by atoms with Gasteiger partial charge in [0.1, 0.15) is 0 Å². The summed E-state index contributed by atoms with van der Waals surface area (Å²) in [5, 5.41) is 0. The van der Waals surface area contributed by atoms with Crippen molar-refractivity contribution in [3.8, 4) is 5.88 Å². The molecule has 0 saturated carbocycles. The van der Waals surface area contributed by atoms with Crippen LogP contribution >= 0.6 is 0 Å². The highest BCUT2D eigenvalue weighted by atomic mass is 16.5. The number of hydrogen-bond donors (Lipinski definition) is 0. The molecule has 1 unspecified atom stereocenters. The molecule has 0 fully saturated rings. The van der Waals surface area contributed by atoms with Crippen molar-refractivity contribution in [2.75, 3.05) is 6.61 Å². The average molecular weight is 221 g/mol. The van der Waals surface area contributed by atoms with E-state index in [9.17, 15) is 4.79 Å². The molecule has 0 aliphatic carbocycles. The molecule has 0 amide bonds. The Hall–Kier alpha value is -1.38. The van der Waals surface area contributed by atoms with Crippen LogP contribution in [0.25, 0.3) is 0 Å². The van der Waals surface area contributed by atoms with Crippen LogP contribution in [0.3, 0.4) is 0 Å². The lowest BCUT2D eigenvalue weighted by atomic mass is 10.1. The minimum atomic E-state index is 0.0360. The largest absolute Gasteiger partial charge is 0.477 e. The van der Waals surface area contributed by atoms with Gasteiger partial charge >= 0.3 is 0 Å². The lowest BCUT2D eigenvalue weighted by Gasteiger charge is -2.11. The number of carbonyl (C=O) groups is 1. The first-order chi connectivity index (χ1) is 7.63. The maximum atomic E-state index is 11.2. The molecule has 1 atom stereocenters. The van der Waals surface area contributed by atoms with Crippen molar-refractivity contribution < 1.29 is 9.53 Å². The summed E-state index contributed by atoms with van der Waals surface area (Å²) in [5.41, 5.74) is 0.646. The smallest absolute Gasteiger partial charge is 0.213 e. The highest BCUT2D eigenvalue weighted by molar-refractivity contribution is 5.94. The molecule has 0 bridgehead atoms. The Kier molecular flexibility index (Phi) is 4.96. The second kappa shape index (κ2) is 6.26. The maximum absolute atomic E-state index is 11.2. The fourth-order valence-corrected chi connectivity index (χ4v) is 1.51. The van der Waals surface area contributed by atoms with Gasteiger partial charge in [-0.3, -0.25) is 4.79 Å². The summed E-state index contributed by atoms with van der Waals surface area (Å²) in [6.07, 6.45) is 3.91. The van der Waals surface area contributed by atoms with Crippen molar-refractivity contribution in [3.05, 3.63) is 23.9 Å². The number of ketones is 1. The molecule has 16 heavy (non-hydrogen) atoms. The van der Waals surface area contributed by atoms with Crippen molar-refractivity contribution in [3.63, 3.8) is 0 Å².